The Morgan fingerprint density at radius 3 is 1.21 bits per heavy atom. The van der Waals surface area contributed by atoms with Crippen molar-refractivity contribution in [1.82, 2.24) is 5.32 Å². The molecule has 526 valence electrons. The third kappa shape index (κ3) is 44.3. The molecule has 9 N–H and O–H groups in total. The monoisotopic (exact) mass is 1280 g/mol. The van der Waals surface area contributed by atoms with Crippen molar-refractivity contribution >= 4 is 5.91 Å². The predicted octanol–water partition coefficient (Wildman–Crippen LogP) is 15.7. The van der Waals surface area contributed by atoms with Crippen LogP contribution in [0.5, 0.6) is 0 Å². The topological polar surface area (TPSA) is 228 Å². The van der Waals surface area contributed by atoms with E-state index in [1.54, 1.807) is 6.08 Å². The van der Waals surface area contributed by atoms with Crippen LogP contribution in [0.2, 0.25) is 0 Å². The van der Waals surface area contributed by atoms with Crippen LogP contribution in [0.1, 0.15) is 290 Å². The van der Waals surface area contributed by atoms with Gasteiger partial charge in [0.25, 0.3) is 0 Å². The summed E-state index contributed by atoms with van der Waals surface area (Å²) in [5, 5.41) is 87.3. The number of hydrogen-bond acceptors (Lipinski definition) is 13. The molecule has 2 heterocycles. The Kier molecular flexibility index (Phi) is 55.9. The summed E-state index contributed by atoms with van der Waals surface area (Å²) < 4.78 is 22.8. The lowest BCUT2D eigenvalue weighted by atomic mass is 9.97. The van der Waals surface area contributed by atoms with Crippen LogP contribution in [0.3, 0.4) is 0 Å². The van der Waals surface area contributed by atoms with E-state index in [4.69, 9.17) is 18.9 Å². The highest BCUT2D eigenvalue weighted by Crippen LogP contribution is 2.30. The van der Waals surface area contributed by atoms with E-state index in [2.05, 4.69) is 104 Å². The van der Waals surface area contributed by atoms with Crippen LogP contribution in [0, 0.1) is 0 Å². The fraction of sp³-hybridized carbons (Fsp3) is 0.779. The van der Waals surface area contributed by atoms with Gasteiger partial charge < -0.3 is 65.1 Å². The number of carbonyl (C=O) groups excluding carboxylic acids is 1. The highest BCUT2D eigenvalue weighted by atomic mass is 16.7. The van der Waals surface area contributed by atoms with E-state index in [1.807, 2.05) is 6.08 Å². The predicted molar refractivity (Wildman–Crippen MR) is 373 cm³/mol. The van der Waals surface area contributed by atoms with Crippen LogP contribution in [-0.4, -0.2) is 140 Å². The maximum atomic E-state index is 13.3. The van der Waals surface area contributed by atoms with Crippen LogP contribution >= 0.6 is 0 Å². The summed E-state index contributed by atoms with van der Waals surface area (Å²) >= 11 is 0. The first kappa shape index (κ1) is 84.0. The molecule has 2 aliphatic heterocycles. The average Bonchev–Trinajstić information content (AvgIpc) is 1.24. The van der Waals surface area contributed by atoms with E-state index in [1.165, 1.54) is 186 Å². The largest absolute Gasteiger partial charge is 0.394 e. The number of nitrogens with one attached hydrogen (secondary N) is 1. The van der Waals surface area contributed by atoms with Crippen molar-refractivity contribution in [3.63, 3.8) is 0 Å². The van der Waals surface area contributed by atoms with Crippen LogP contribution in [0.15, 0.2) is 97.2 Å². The smallest absolute Gasteiger partial charge is 0.220 e. The average molecular weight is 1280 g/mol. The molecule has 12 atom stereocenters. The maximum Gasteiger partial charge on any atom is 0.220 e. The van der Waals surface area contributed by atoms with E-state index in [0.717, 1.165) is 70.6 Å². The zero-order chi connectivity index (χ0) is 65.9. The van der Waals surface area contributed by atoms with Gasteiger partial charge in [0.15, 0.2) is 12.6 Å². The minimum Gasteiger partial charge on any atom is -0.394 e. The molecular formula is C77H135NO13. The molecule has 0 aromatic heterocycles. The zero-order valence-electron chi connectivity index (χ0n) is 57.3. The van der Waals surface area contributed by atoms with Gasteiger partial charge in [0.05, 0.1) is 32.0 Å². The van der Waals surface area contributed by atoms with E-state index in [9.17, 15) is 45.6 Å². The molecule has 2 saturated heterocycles. The third-order valence-electron chi connectivity index (χ3n) is 17.5. The first-order valence-electron chi connectivity index (χ1n) is 37.0. The summed E-state index contributed by atoms with van der Waals surface area (Å²) in [4.78, 5) is 13.3. The first-order chi connectivity index (χ1) is 44.6. The number of aliphatic hydroxyl groups excluding tert-OH is 8. The van der Waals surface area contributed by atoms with E-state index < -0.39 is 86.8 Å². The Labute approximate surface area is 553 Å². The number of aliphatic hydroxyl groups is 8. The zero-order valence-corrected chi connectivity index (χ0v) is 57.3. The molecule has 0 aromatic carbocycles. The lowest BCUT2D eigenvalue weighted by Gasteiger charge is -2.46. The SMILES string of the molecule is CC/C=C\C/C=C\C/C=C\C/C=C\C/C=C\C/C=C\CCCCCCCCCCCCCCCCCCCCCCCCC(=O)NC(COC1OC(CO)C(OC2OC(CO)C(O)C(O)C2O)C(O)C1O)C(O)/C=C/CC/C=C/CCCCCCCCCCCC. The normalized spacial score (nSPS) is 23.4. The molecule has 0 spiro atoms. The quantitative estimate of drug-likeness (QED) is 0.0204. The van der Waals surface area contributed by atoms with Crippen LogP contribution < -0.4 is 5.32 Å². The molecule has 0 aliphatic carbocycles. The number of ether oxygens (including phenoxy) is 4. The Morgan fingerprint density at radius 2 is 0.769 bits per heavy atom. The summed E-state index contributed by atoms with van der Waals surface area (Å²) in [5.41, 5.74) is 0. The molecule has 0 radical (unpaired) electrons. The number of allylic oxidation sites excluding steroid dienone is 15. The third-order valence-corrected chi connectivity index (χ3v) is 17.5. The lowest BCUT2D eigenvalue weighted by molar-refractivity contribution is -0.359. The molecule has 0 aromatic rings. The van der Waals surface area contributed by atoms with Gasteiger partial charge in [-0.2, -0.15) is 0 Å². The maximum absolute atomic E-state index is 13.3. The second-order valence-electron chi connectivity index (χ2n) is 25.7. The van der Waals surface area contributed by atoms with Crippen molar-refractivity contribution in [2.24, 2.45) is 0 Å². The van der Waals surface area contributed by atoms with Crippen LogP contribution in [0.25, 0.3) is 0 Å². The van der Waals surface area contributed by atoms with Gasteiger partial charge in [-0.05, 0) is 83.5 Å². The van der Waals surface area contributed by atoms with Gasteiger partial charge in [-0.1, -0.05) is 297 Å². The van der Waals surface area contributed by atoms with Crippen molar-refractivity contribution in [2.45, 2.75) is 364 Å². The molecule has 2 aliphatic rings. The van der Waals surface area contributed by atoms with Crippen LogP contribution in [-0.2, 0) is 23.7 Å². The number of amides is 1. The highest BCUT2D eigenvalue weighted by Gasteiger charge is 2.51. The Hall–Kier alpha value is -3.09. The Balaban J connectivity index is 1.57. The minimum absolute atomic E-state index is 0.247. The first-order valence-corrected chi connectivity index (χ1v) is 37.0. The second kappa shape index (κ2) is 60.6. The van der Waals surface area contributed by atoms with E-state index in [-0.39, 0.29) is 18.9 Å². The summed E-state index contributed by atoms with van der Waals surface area (Å²) in [6.07, 6.45) is 69.2. The van der Waals surface area contributed by atoms with Crippen LogP contribution in [0.4, 0.5) is 0 Å². The van der Waals surface area contributed by atoms with Gasteiger partial charge in [0.1, 0.15) is 48.8 Å². The van der Waals surface area contributed by atoms with Gasteiger partial charge in [-0.3, -0.25) is 4.79 Å². The standard InChI is InChI=1S/C77H135NO13/c1-3-5-7-9-11-13-15-17-19-21-22-23-24-25-26-27-28-29-30-31-32-33-34-35-36-37-38-39-40-41-42-43-44-45-47-49-51-53-55-57-59-61-69(82)78-65(66(81)60-58-56-54-52-50-48-46-20-18-16-14-12-10-8-6-4-2)64-88-76-74(87)72(85)75(68(63-80)90-76)91-77-73(86)71(84)70(83)67(62-79)89-77/h5,7,11,13,17,19,22-23,25-26,28-29,50,52,58,60,65-68,70-77,79-81,83-87H,3-4,6,8-10,12,14-16,18,20-21,24,27,30-49,51,53-57,59,61-64H2,1-2H3,(H,78,82)/b7-5-,13-11-,19-17-,23-22-,26-25-,29-28-,52-50+,60-58+. The molecule has 0 bridgehead atoms. The minimum atomic E-state index is -1.79. The number of unbranched alkanes of at least 4 members (excludes halogenated alkanes) is 33. The fourth-order valence-electron chi connectivity index (χ4n) is 11.7. The van der Waals surface area contributed by atoms with Crippen molar-refractivity contribution in [1.29, 1.82) is 0 Å². The molecule has 2 rings (SSSR count). The van der Waals surface area contributed by atoms with Gasteiger partial charge in [0.2, 0.25) is 5.91 Å². The van der Waals surface area contributed by atoms with Crippen molar-refractivity contribution in [2.75, 3.05) is 19.8 Å². The molecule has 14 heteroatoms. The molecule has 0 saturated carbocycles. The number of rotatable bonds is 60. The fourth-order valence-corrected chi connectivity index (χ4v) is 11.7. The Morgan fingerprint density at radius 1 is 0.407 bits per heavy atom. The lowest BCUT2D eigenvalue weighted by Crippen LogP contribution is -2.65. The van der Waals surface area contributed by atoms with Crippen molar-refractivity contribution < 1.29 is 64.6 Å². The van der Waals surface area contributed by atoms with Gasteiger partial charge >= 0.3 is 0 Å². The summed E-state index contributed by atoms with van der Waals surface area (Å²) in [6.45, 7) is 2.68. The number of hydrogen-bond donors (Lipinski definition) is 9. The molecule has 1 amide bonds. The molecular weight excluding hydrogens is 1150 g/mol. The molecule has 12 unspecified atom stereocenters. The second-order valence-corrected chi connectivity index (χ2v) is 25.7. The van der Waals surface area contributed by atoms with E-state index >= 15 is 0 Å². The van der Waals surface area contributed by atoms with E-state index in [0.29, 0.717) is 12.8 Å². The molecule has 2 fully saturated rings. The van der Waals surface area contributed by atoms with Gasteiger partial charge in [0, 0.05) is 6.42 Å². The molecule has 91 heavy (non-hydrogen) atoms. The van der Waals surface area contributed by atoms with Gasteiger partial charge in [-0.15, -0.1) is 0 Å². The summed E-state index contributed by atoms with van der Waals surface area (Å²) in [6, 6.07) is -0.934. The Bertz CT molecular complexity index is 1900. The summed E-state index contributed by atoms with van der Waals surface area (Å²) in [7, 11) is 0. The summed E-state index contributed by atoms with van der Waals surface area (Å²) in [5.74, 6) is -0.247. The van der Waals surface area contributed by atoms with Crippen molar-refractivity contribution in [3.05, 3.63) is 97.2 Å². The van der Waals surface area contributed by atoms with Gasteiger partial charge in [-0.25, -0.2) is 0 Å². The highest BCUT2D eigenvalue weighted by molar-refractivity contribution is 5.76. The number of carbonyl (C=O) groups is 1. The van der Waals surface area contributed by atoms with Crippen molar-refractivity contribution in [3.8, 4) is 0 Å². The molecule has 14 nitrogen and oxygen atoms in total.